The highest BCUT2D eigenvalue weighted by Crippen LogP contribution is 2.35. The number of phosphoric acid groups is 2. The van der Waals surface area contributed by atoms with Crippen LogP contribution in [0.2, 0.25) is 0 Å². The second-order valence-corrected chi connectivity index (χ2v) is 10.1. The predicted molar refractivity (Wildman–Crippen MR) is 136 cm³/mol. The molecule has 0 aliphatic rings. The highest BCUT2D eigenvalue weighted by atomic mass is 31.2. The topological polar surface area (TPSA) is 260 Å². The molecule has 18 heteroatoms. The van der Waals surface area contributed by atoms with E-state index >= 15 is 0 Å². The van der Waals surface area contributed by atoms with Gasteiger partial charge >= 0.3 is 0 Å². The largest absolute Gasteiger partial charge is 0.780 e. The van der Waals surface area contributed by atoms with Gasteiger partial charge in [0.15, 0.2) is 5.82 Å². The molecule has 1 heterocycles. The van der Waals surface area contributed by atoms with Crippen LogP contribution in [0.1, 0.15) is 0 Å². The van der Waals surface area contributed by atoms with Gasteiger partial charge in [0, 0.05) is 5.69 Å². The smallest absolute Gasteiger partial charge is 0.236 e. The van der Waals surface area contributed by atoms with Crippen LogP contribution in [0.25, 0.3) is 11.4 Å². The van der Waals surface area contributed by atoms with Crippen LogP contribution in [-0.4, -0.2) is 27.4 Å². The number of nitrogens with one attached hydrogen (secondary N) is 2. The minimum Gasteiger partial charge on any atom is -0.780 e. The van der Waals surface area contributed by atoms with Gasteiger partial charge in [-0.2, -0.15) is 15.0 Å². The number of phosphoric ester groups is 2. The van der Waals surface area contributed by atoms with Crippen LogP contribution in [-0.2, 0) is 13.9 Å². The van der Waals surface area contributed by atoms with E-state index in [1.54, 1.807) is 24.3 Å². The van der Waals surface area contributed by atoms with Crippen molar-refractivity contribution in [2.75, 3.05) is 17.2 Å². The summed E-state index contributed by atoms with van der Waals surface area (Å²) in [6, 6.07) is 17.2. The average molecular weight is 600 g/mol. The summed E-state index contributed by atoms with van der Waals surface area (Å²) in [6.45, 7) is -0.286. The molecule has 1 aromatic heterocycles. The van der Waals surface area contributed by atoms with Crippen molar-refractivity contribution in [3.63, 3.8) is 0 Å². The van der Waals surface area contributed by atoms with Crippen LogP contribution >= 0.6 is 15.6 Å². The second kappa shape index (κ2) is 12.3. The highest BCUT2D eigenvalue weighted by molar-refractivity contribution is 7.43. The van der Waals surface area contributed by atoms with Crippen LogP contribution < -0.4 is 49.7 Å². The average Bonchev–Trinajstić information content (AvgIpc) is 2.88. The van der Waals surface area contributed by atoms with Gasteiger partial charge in [-0.05, 0) is 60.7 Å². The minimum absolute atomic E-state index is 0.00456. The molecule has 0 aliphatic heterocycles. The van der Waals surface area contributed by atoms with Gasteiger partial charge in [-0.3, -0.25) is 4.79 Å². The number of hydrogen-bond donors (Lipinski definition) is 3. The second-order valence-electron chi connectivity index (χ2n) is 7.92. The molecular weight excluding hydrogens is 582 g/mol. The molecule has 0 radical (unpaired) electrons. The molecule has 4 rings (SSSR count). The monoisotopic (exact) mass is 600 g/mol. The van der Waals surface area contributed by atoms with Gasteiger partial charge in [0.25, 0.3) is 0 Å². The van der Waals surface area contributed by atoms with Crippen molar-refractivity contribution in [1.82, 2.24) is 15.0 Å². The molecule has 3 aromatic carbocycles. The van der Waals surface area contributed by atoms with Gasteiger partial charge in [0.2, 0.25) is 17.8 Å². The fraction of sp³-hybridized carbons (Fsp3) is 0.0435. The summed E-state index contributed by atoms with van der Waals surface area (Å²) in [7, 11) is -10.4. The molecule has 0 atom stereocenters. The Hall–Kier alpha value is -4.56. The number of rotatable bonds is 12. The number of benzene rings is 3. The van der Waals surface area contributed by atoms with Crippen molar-refractivity contribution >= 4 is 39.1 Å². The Bertz CT molecular complexity index is 1630. The van der Waals surface area contributed by atoms with Crippen molar-refractivity contribution < 1.29 is 47.3 Å². The quantitative estimate of drug-likeness (QED) is 0.186. The predicted octanol–water partition coefficient (Wildman–Crippen LogP) is 0.387. The molecule has 4 N–H and O–H groups in total. The van der Waals surface area contributed by atoms with E-state index in [0.29, 0.717) is 11.3 Å². The standard InChI is InChI=1S/C23H22N6O10P2/c24-20(30)13-25-22-27-21(28-23(29-22)26-14-5-7-16(8-6-14)38-40(31,32)33)18-3-1-2-4-19(18)37-15-9-11-17(12-10-15)39-41(34,35)36/h1-12H,13H2,(H2,24,30)(H2,31,32,33)(H2,34,35,36)(H2,25,26,27,28,29)/p-4. The molecule has 0 unspecified atom stereocenters. The van der Waals surface area contributed by atoms with Crippen molar-refractivity contribution in [2.24, 2.45) is 5.73 Å². The van der Waals surface area contributed by atoms with Gasteiger partial charge in [-0.25, -0.2) is 0 Å². The third-order valence-corrected chi connectivity index (χ3v) is 5.65. The Morgan fingerprint density at radius 3 is 1.88 bits per heavy atom. The number of ether oxygens (including phenoxy) is 1. The Labute approximate surface area is 231 Å². The molecule has 41 heavy (non-hydrogen) atoms. The van der Waals surface area contributed by atoms with E-state index in [2.05, 4.69) is 34.6 Å². The van der Waals surface area contributed by atoms with E-state index in [0.717, 1.165) is 0 Å². The van der Waals surface area contributed by atoms with Gasteiger partial charge in [0.1, 0.15) is 38.6 Å². The van der Waals surface area contributed by atoms with Crippen molar-refractivity contribution in [1.29, 1.82) is 0 Å². The van der Waals surface area contributed by atoms with E-state index in [-0.39, 0.29) is 47.3 Å². The summed E-state index contributed by atoms with van der Waals surface area (Å²) >= 11 is 0. The first-order valence-electron chi connectivity index (χ1n) is 11.3. The number of aromatic nitrogens is 3. The lowest BCUT2D eigenvalue weighted by Gasteiger charge is -2.29. The summed E-state index contributed by atoms with van der Waals surface area (Å²) in [5, 5.41) is 5.58. The van der Waals surface area contributed by atoms with Gasteiger partial charge in [-0.15, -0.1) is 0 Å². The molecule has 16 nitrogen and oxygen atoms in total. The Morgan fingerprint density at radius 2 is 1.29 bits per heavy atom. The van der Waals surface area contributed by atoms with Crippen molar-refractivity contribution in [2.45, 2.75) is 0 Å². The number of hydrogen-bond acceptors (Lipinski definition) is 15. The zero-order valence-electron chi connectivity index (χ0n) is 20.5. The van der Waals surface area contributed by atoms with Crippen molar-refractivity contribution in [3.05, 3.63) is 72.8 Å². The fourth-order valence-electron chi connectivity index (χ4n) is 3.22. The first-order valence-corrected chi connectivity index (χ1v) is 14.2. The summed E-state index contributed by atoms with van der Waals surface area (Å²) in [5.74, 6) is -0.431. The van der Waals surface area contributed by atoms with Crippen LogP contribution in [0.4, 0.5) is 17.6 Å². The molecule has 0 aliphatic carbocycles. The van der Waals surface area contributed by atoms with E-state index in [1.165, 1.54) is 48.5 Å². The molecular formula is C23H18N6O10P2-4. The Morgan fingerprint density at radius 1 is 0.756 bits per heavy atom. The first-order chi connectivity index (χ1) is 19.3. The van der Waals surface area contributed by atoms with Crippen LogP contribution in [0.15, 0.2) is 72.8 Å². The van der Waals surface area contributed by atoms with Crippen LogP contribution in [0, 0.1) is 0 Å². The SMILES string of the molecule is NC(=O)CNc1nc(Nc2ccc(OP(=O)([O-])[O-])cc2)nc(-c2ccccc2Oc2ccc(OP(=O)([O-])[O-])cc2)n1. The third-order valence-electron chi connectivity index (χ3n) is 4.78. The minimum atomic E-state index is -5.23. The Balaban J connectivity index is 1.63. The van der Waals surface area contributed by atoms with E-state index < -0.39 is 21.6 Å². The molecule has 214 valence electrons. The lowest BCUT2D eigenvalue weighted by molar-refractivity contribution is -0.335. The normalized spacial score (nSPS) is 11.4. The maximum absolute atomic E-state index is 11.3. The molecule has 0 spiro atoms. The molecule has 0 saturated carbocycles. The van der Waals surface area contributed by atoms with Crippen LogP contribution in [0.3, 0.4) is 0 Å². The first kappa shape index (κ1) is 29.4. The molecule has 0 saturated heterocycles. The summed E-state index contributed by atoms with van der Waals surface area (Å²) in [4.78, 5) is 67.5. The van der Waals surface area contributed by atoms with E-state index in [1.807, 2.05) is 0 Å². The zero-order chi connectivity index (χ0) is 29.6. The Kier molecular flexibility index (Phi) is 8.83. The summed E-state index contributed by atoms with van der Waals surface area (Å²) in [5.41, 5.74) is 5.99. The summed E-state index contributed by atoms with van der Waals surface area (Å²) in [6.07, 6.45) is 0. The number of anilines is 3. The number of primary amides is 1. The van der Waals surface area contributed by atoms with E-state index in [4.69, 9.17) is 10.5 Å². The highest BCUT2D eigenvalue weighted by Gasteiger charge is 2.15. The number of carbonyl (C=O) groups excluding carboxylic acids is 1. The van der Waals surface area contributed by atoms with Crippen LogP contribution in [0.5, 0.6) is 23.0 Å². The molecule has 0 bridgehead atoms. The van der Waals surface area contributed by atoms with E-state index in [9.17, 15) is 33.5 Å². The molecule has 0 fully saturated rings. The number of nitrogens with two attached hydrogens (primary N) is 1. The number of nitrogens with zero attached hydrogens (tertiary/aromatic N) is 3. The maximum atomic E-state index is 11.3. The maximum Gasteiger partial charge on any atom is 0.236 e. The number of carbonyl (C=O) groups is 1. The lowest BCUT2D eigenvalue weighted by atomic mass is 10.2. The molecule has 1 amide bonds. The molecule has 4 aromatic rings. The van der Waals surface area contributed by atoms with Gasteiger partial charge < -0.3 is 58.9 Å². The fourth-order valence-corrected chi connectivity index (χ4v) is 3.98. The van der Waals surface area contributed by atoms with Gasteiger partial charge in [0.05, 0.1) is 12.1 Å². The zero-order valence-corrected chi connectivity index (χ0v) is 22.3. The van der Waals surface area contributed by atoms with Crippen molar-refractivity contribution in [3.8, 4) is 34.4 Å². The third kappa shape index (κ3) is 9.25. The number of amides is 1. The summed E-state index contributed by atoms with van der Waals surface area (Å²) < 4.78 is 36.2. The van der Waals surface area contributed by atoms with Gasteiger partial charge in [-0.1, -0.05) is 12.1 Å². The number of para-hydroxylation sites is 1. The lowest BCUT2D eigenvalue weighted by Crippen LogP contribution is -2.23.